The molecule has 1 aliphatic heterocycles. The van der Waals surface area contributed by atoms with Crippen LogP contribution in [0.4, 0.5) is 5.69 Å². The molecule has 14 heavy (non-hydrogen) atoms. The fourth-order valence-corrected chi connectivity index (χ4v) is 1.91. The summed E-state index contributed by atoms with van der Waals surface area (Å²) in [5.74, 6) is 0.961. The molecule has 1 aromatic rings. The van der Waals surface area contributed by atoms with Crippen LogP contribution in [0.15, 0.2) is 12.1 Å². The summed E-state index contributed by atoms with van der Waals surface area (Å²) in [5.41, 5.74) is 9.46. The van der Waals surface area contributed by atoms with Crippen LogP contribution >= 0.6 is 0 Å². The molecule has 1 aliphatic rings. The second-order valence-electron chi connectivity index (χ2n) is 3.96. The van der Waals surface area contributed by atoms with Gasteiger partial charge in [0.15, 0.2) is 0 Å². The first-order valence-electron chi connectivity index (χ1n) is 4.80. The Balaban J connectivity index is 2.59. The largest absolute Gasteiger partial charge is 0.489 e. The summed E-state index contributed by atoms with van der Waals surface area (Å²) in [6.45, 7) is 2.67. The van der Waals surface area contributed by atoms with E-state index in [4.69, 9.17) is 10.5 Å². The van der Waals surface area contributed by atoms with Crippen molar-refractivity contribution in [3.8, 4) is 5.75 Å². The molecule has 3 heteroatoms. The van der Waals surface area contributed by atoms with E-state index in [2.05, 4.69) is 24.0 Å². The number of anilines is 1. The molecule has 0 bridgehead atoms. The van der Waals surface area contributed by atoms with Gasteiger partial charge in [0.05, 0.1) is 11.7 Å². The third-order valence-electron chi connectivity index (χ3n) is 2.65. The minimum absolute atomic E-state index is 0.0323. The average molecular weight is 192 g/mol. The normalized spacial score (nSPS) is 19.0. The Morgan fingerprint density at radius 1 is 1.43 bits per heavy atom. The minimum atomic E-state index is 0.0323. The van der Waals surface area contributed by atoms with E-state index in [0.29, 0.717) is 6.61 Å². The lowest BCUT2D eigenvalue weighted by atomic mass is 10.0. The molecule has 0 saturated carbocycles. The van der Waals surface area contributed by atoms with Crippen LogP contribution in [0.2, 0.25) is 0 Å². The molecule has 76 valence electrons. The van der Waals surface area contributed by atoms with Crippen molar-refractivity contribution in [3.05, 3.63) is 23.3 Å². The summed E-state index contributed by atoms with van der Waals surface area (Å²) in [7, 11) is 4.02. The van der Waals surface area contributed by atoms with Crippen LogP contribution in [0.1, 0.15) is 17.2 Å². The van der Waals surface area contributed by atoms with Gasteiger partial charge in [-0.05, 0) is 18.6 Å². The van der Waals surface area contributed by atoms with Crippen LogP contribution < -0.4 is 15.4 Å². The first-order valence-corrected chi connectivity index (χ1v) is 4.80. The first kappa shape index (κ1) is 9.34. The fraction of sp³-hybridized carbons (Fsp3) is 0.455. The van der Waals surface area contributed by atoms with Crippen LogP contribution in [0.5, 0.6) is 5.75 Å². The lowest BCUT2D eigenvalue weighted by Gasteiger charge is -2.17. The van der Waals surface area contributed by atoms with Gasteiger partial charge >= 0.3 is 0 Å². The van der Waals surface area contributed by atoms with Crippen LogP contribution in [0, 0.1) is 6.92 Å². The third kappa shape index (κ3) is 1.24. The van der Waals surface area contributed by atoms with Crippen molar-refractivity contribution in [1.29, 1.82) is 0 Å². The molecular formula is C11H16N2O. The average Bonchev–Trinajstić information content (AvgIpc) is 2.49. The Morgan fingerprint density at radius 3 is 2.79 bits per heavy atom. The van der Waals surface area contributed by atoms with E-state index < -0.39 is 0 Å². The number of rotatable bonds is 1. The molecule has 0 fully saturated rings. The van der Waals surface area contributed by atoms with E-state index in [1.165, 1.54) is 5.56 Å². The van der Waals surface area contributed by atoms with Crippen molar-refractivity contribution >= 4 is 5.69 Å². The van der Waals surface area contributed by atoms with E-state index in [0.717, 1.165) is 17.0 Å². The molecular weight excluding hydrogens is 176 g/mol. The van der Waals surface area contributed by atoms with E-state index >= 15 is 0 Å². The zero-order valence-electron chi connectivity index (χ0n) is 8.87. The van der Waals surface area contributed by atoms with Gasteiger partial charge in [0.25, 0.3) is 0 Å². The molecule has 1 aromatic carbocycles. The number of ether oxygens (including phenoxy) is 1. The molecule has 0 aromatic heterocycles. The number of fused-ring (bicyclic) bond motifs is 1. The van der Waals surface area contributed by atoms with Gasteiger partial charge in [-0.3, -0.25) is 0 Å². The maximum atomic E-state index is 5.97. The van der Waals surface area contributed by atoms with Gasteiger partial charge in [0.2, 0.25) is 0 Å². The molecule has 0 saturated heterocycles. The van der Waals surface area contributed by atoms with Crippen LogP contribution in [-0.2, 0) is 0 Å². The number of benzene rings is 1. The Labute approximate surface area is 84.5 Å². The van der Waals surface area contributed by atoms with Gasteiger partial charge in [-0.25, -0.2) is 0 Å². The van der Waals surface area contributed by atoms with Crippen molar-refractivity contribution < 1.29 is 4.74 Å². The number of hydrogen-bond donors (Lipinski definition) is 1. The predicted molar refractivity (Wildman–Crippen MR) is 57.9 cm³/mol. The lowest BCUT2D eigenvalue weighted by molar-refractivity contribution is 0.334. The van der Waals surface area contributed by atoms with Crippen LogP contribution in [0.25, 0.3) is 0 Å². The zero-order valence-corrected chi connectivity index (χ0v) is 8.87. The molecule has 0 radical (unpaired) electrons. The number of hydrogen-bond acceptors (Lipinski definition) is 3. The Kier molecular flexibility index (Phi) is 2.11. The molecule has 2 rings (SSSR count). The summed E-state index contributed by atoms with van der Waals surface area (Å²) in [5, 5.41) is 0. The molecule has 1 atom stereocenters. The van der Waals surface area contributed by atoms with Crippen molar-refractivity contribution in [2.45, 2.75) is 13.0 Å². The van der Waals surface area contributed by atoms with Gasteiger partial charge < -0.3 is 15.4 Å². The highest BCUT2D eigenvalue weighted by molar-refractivity contribution is 5.65. The Hall–Kier alpha value is -1.22. The maximum absolute atomic E-state index is 5.97. The van der Waals surface area contributed by atoms with E-state index in [1.54, 1.807) is 0 Å². The van der Waals surface area contributed by atoms with E-state index in [1.807, 2.05) is 14.1 Å². The fourth-order valence-electron chi connectivity index (χ4n) is 1.91. The van der Waals surface area contributed by atoms with Gasteiger partial charge in [-0.1, -0.05) is 6.07 Å². The zero-order chi connectivity index (χ0) is 10.3. The van der Waals surface area contributed by atoms with E-state index in [9.17, 15) is 0 Å². The van der Waals surface area contributed by atoms with Crippen molar-refractivity contribution in [2.75, 3.05) is 25.6 Å². The molecule has 1 heterocycles. The molecule has 0 spiro atoms. The highest BCUT2D eigenvalue weighted by Gasteiger charge is 2.25. The van der Waals surface area contributed by atoms with Gasteiger partial charge in [0, 0.05) is 19.7 Å². The summed E-state index contributed by atoms with van der Waals surface area (Å²) in [6.07, 6.45) is 0. The number of nitrogens with two attached hydrogens (primary N) is 1. The Morgan fingerprint density at radius 2 is 2.14 bits per heavy atom. The molecule has 0 unspecified atom stereocenters. The summed E-state index contributed by atoms with van der Waals surface area (Å²) in [4.78, 5) is 2.05. The van der Waals surface area contributed by atoms with Crippen molar-refractivity contribution in [1.82, 2.24) is 0 Å². The SMILES string of the molecule is Cc1ccc(N(C)C)c2c1[C@@H](N)CO2. The van der Waals surface area contributed by atoms with Crippen molar-refractivity contribution in [3.63, 3.8) is 0 Å². The molecule has 0 amide bonds. The van der Waals surface area contributed by atoms with Crippen molar-refractivity contribution in [2.24, 2.45) is 5.73 Å². The molecule has 2 N–H and O–H groups in total. The minimum Gasteiger partial charge on any atom is -0.489 e. The Bertz CT molecular complexity index is 361. The lowest BCUT2D eigenvalue weighted by Crippen LogP contribution is -2.12. The van der Waals surface area contributed by atoms with Crippen LogP contribution in [-0.4, -0.2) is 20.7 Å². The summed E-state index contributed by atoms with van der Waals surface area (Å²) < 4.78 is 5.62. The van der Waals surface area contributed by atoms with Gasteiger partial charge in [-0.15, -0.1) is 0 Å². The highest BCUT2D eigenvalue weighted by Crippen LogP contribution is 2.40. The quantitative estimate of drug-likeness (QED) is 0.732. The maximum Gasteiger partial charge on any atom is 0.147 e. The molecule has 0 aliphatic carbocycles. The molecule has 3 nitrogen and oxygen atoms in total. The summed E-state index contributed by atoms with van der Waals surface area (Å²) in [6, 6.07) is 4.21. The van der Waals surface area contributed by atoms with Gasteiger partial charge in [0.1, 0.15) is 12.4 Å². The van der Waals surface area contributed by atoms with E-state index in [-0.39, 0.29) is 6.04 Å². The predicted octanol–water partition coefficient (Wildman–Crippen LogP) is 1.45. The monoisotopic (exact) mass is 192 g/mol. The second kappa shape index (κ2) is 3.17. The highest BCUT2D eigenvalue weighted by atomic mass is 16.5. The number of nitrogens with zero attached hydrogens (tertiary/aromatic N) is 1. The number of aryl methyl sites for hydroxylation is 1. The topological polar surface area (TPSA) is 38.5 Å². The van der Waals surface area contributed by atoms with Crippen LogP contribution in [0.3, 0.4) is 0 Å². The summed E-state index contributed by atoms with van der Waals surface area (Å²) >= 11 is 0. The third-order valence-corrected chi connectivity index (χ3v) is 2.65. The second-order valence-corrected chi connectivity index (χ2v) is 3.96. The first-order chi connectivity index (χ1) is 6.61. The standard InChI is InChI=1S/C11H16N2O/c1-7-4-5-9(13(2)3)11-10(7)8(12)6-14-11/h4-5,8H,6,12H2,1-3H3/t8-/m0/s1. The van der Waals surface area contributed by atoms with Gasteiger partial charge in [-0.2, -0.15) is 0 Å². The smallest absolute Gasteiger partial charge is 0.147 e.